The van der Waals surface area contributed by atoms with Gasteiger partial charge in [0.1, 0.15) is 11.6 Å². The first-order chi connectivity index (χ1) is 7.24. The molecule has 0 saturated carbocycles. The first kappa shape index (κ1) is 9.77. The third kappa shape index (κ3) is 1.61. The fourth-order valence-electron chi connectivity index (χ4n) is 1.55. The van der Waals surface area contributed by atoms with E-state index in [0.717, 1.165) is 5.56 Å². The van der Waals surface area contributed by atoms with Crippen molar-refractivity contribution in [1.82, 2.24) is 4.98 Å². The Morgan fingerprint density at radius 3 is 2.73 bits per heavy atom. The number of halogens is 1. The van der Waals surface area contributed by atoms with Gasteiger partial charge in [0.05, 0.1) is 12.8 Å². The molecule has 0 aliphatic heterocycles. The second-order valence-corrected chi connectivity index (χ2v) is 3.20. The maximum atomic E-state index is 13.5. The predicted molar refractivity (Wildman–Crippen MR) is 57.2 cm³/mol. The monoisotopic (exact) mass is 204 g/mol. The van der Waals surface area contributed by atoms with Crippen LogP contribution in [0.1, 0.15) is 5.56 Å². The van der Waals surface area contributed by atoms with Crippen LogP contribution in [0.3, 0.4) is 0 Å². The van der Waals surface area contributed by atoms with E-state index in [1.165, 1.54) is 6.07 Å². The van der Waals surface area contributed by atoms with Crippen LogP contribution < -0.4 is 4.74 Å². The van der Waals surface area contributed by atoms with Gasteiger partial charge >= 0.3 is 0 Å². The van der Waals surface area contributed by atoms with Gasteiger partial charge in [0.15, 0.2) is 0 Å². The summed E-state index contributed by atoms with van der Waals surface area (Å²) in [6, 6.07) is 6.54. The van der Waals surface area contributed by atoms with Crippen LogP contribution in [0.15, 0.2) is 30.5 Å². The summed E-state index contributed by atoms with van der Waals surface area (Å²) in [5.41, 5.74) is 1.83. The molecule has 2 rings (SSSR count). The highest BCUT2D eigenvalue weighted by Gasteiger charge is 2.13. The maximum Gasteiger partial charge on any atom is 0.147 e. The number of nitrogens with one attached hydrogen (secondary N) is 1. The molecule has 0 fully saturated rings. The van der Waals surface area contributed by atoms with Gasteiger partial charge in [-0.3, -0.25) is 0 Å². The molecule has 2 aromatic rings. The third-order valence-corrected chi connectivity index (χ3v) is 2.26. The molecule has 0 unspecified atom stereocenters. The topological polar surface area (TPSA) is 25.0 Å². The second-order valence-electron chi connectivity index (χ2n) is 3.20. The summed E-state index contributed by atoms with van der Waals surface area (Å²) in [4.78, 5) is 2.95. The number of H-pyrrole nitrogens is 1. The fourth-order valence-corrected chi connectivity index (χ4v) is 1.55. The molecule has 2 nitrogen and oxygen atoms in total. The van der Waals surface area contributed by atoms with Gasteiger partial charge < -0.3 is 9.72 Å². The molecule has 1 radical (unpaired) electrons. The molecule has 1 N–H and O–H groups in total. The van der Waals surface area contributed by atoms with Crippen molar-refractivity contribution in [3.8, 4) is 17.0 Å². The van der Waals surface area contributed by atoms with E-state index >= 15 is 0 Å². The minimum Gasteiger partial charge on any atom is -0.494 e. The SMILES string of the molecule is [CH2]c1c[nH]c(-c2ccccc2F)c1OC. The minimum absolute atomic E-state index is 0.280. The highest BCUT2D eigenvalue weighted by molar-refractivity contribution is 5.69. The zero-order chi connectivity index (χ0) is 10.8. The third-order valence-electron chi connectivity index (χ3n) is 2.26. The molecule has 0 aliphatic carbocycles. The molecular weight excluding hydrogens is 193 g/mol. The van der Waals surface area contributed by atoms with E-state index in [0.29, 0.717) is 17.0 Å². The lowest BCUT2D eigenvalue weighted by Gasteiger charge is -2.04. The number of hydrogen-bond acceptors (Lipinski definition) is 1. The summed E-state index contributed by atoms with van der Waals surface area (Å²) in [5, 5.41) is 0. The molecule has 77 valence electrons. The minimum atomic E-state index is -0.280. The Hall–Kier alpha value is -1.77. The molecule has 0 saturated heterocycles. The lowest BCUT2D eigenvalue weighted by Crippen LogP contribution is -1.89. The highest BCUT2D eigenvalue weighted by Crippen LogP contribution is 2.33. The quantitative estimate of drug-likeness (QED) is 0.799. The number of hydrogen-bond donors (Lipinski definition) is 1. The Morgan fingerprint density at radius 2 is 2.07 bits per heavy atom. The number of ether oxygens (including phenoxy) is 1. The number of aromatic amines is 1. The Kier molecular flexibility index (Phi) is 2.46. The van der Waals surface area contributed by atoms with Crippen LogP contribution in [0, 0.1) is 12.7 Å². The van der Waals surface area contributed by atoms with Crippen LogP contribution in [-0.2, 0) is 0 Å². The van der Waals surface area contributed by atoms with E-state index in [1.54, 1.807) is 31.5 Å². The van der Waals surface area contributed by atoms with Gasteiger partial charge in [-0.05, 0) is 19.1 Å². The molecule has 3 heteroatoms. The van der Waals surface area contributed by atoms with Crippen LogP contribution in [0.4, 0.5) is 4.39 Å². The lowest BCUT2D eigenvalue weighted by molar-refractivity contribution is 0.415. The van der Waals surface area contributed by atoms with E-state index in [2.05, 4.69) is 11.9 Å². The van der Waals surface area contributed by atoms with Gasteiger partial charge in [0, 0.05) is 17.3 Å². The van der Waals surface area contributed by atoms with Crippen LogP contribution >= 0.6 is 0 Å². The van der Waals surface area contributed by atoms with Crippen molar-refractivity contribution in [3.05, 3.63) is 48.8 Å². The summed E-state index contributed by atoms with van der Waals surface area (Å²) in [7, 11) is 1.54. The number of rotatable bonds is 2. The van der Waals surface area contributed by atoms with Crippen LogP contribution in [-0.4, -0.2) is 12.1 Å². The Balaban J connectivity index is 2.59. The van der Waals surface area contributed by atoms with Crippen molar-refractivity contribution in [2.24, 2.45) is 0 Å². The average molecular weight is 204 g/mol. The molecule has 0 bridgehead atoms. The molecule has 0 spiro atoms. The number of benzene rings is 1. The Morgan fingerprint density at radius 1 is 1.33 bits per heavy atom. The van der Waals surface area contributed by atoms with Crippen LogP contribution in [0.2, 0.25) is 0 Å². The highest BCUT2D eigenvalue weighted by atomic mass is 19.1. The van der Waals surface area contributed by atoms with Gasteiger partial charge in [-0.25, -0.2) is 4.39 Å². The molecule has 1 heterocycles. The Bertz CT molecular complexity index is 476. The smallest absolute Gasteiger partial charge is 0.147 e. The summed E-state index contributed by atoms with van der Waals surface area (Å²) in [6.07, 6.45) is 1.70. The normalized spacial score (nSPS) is 10.3. The maximum absolute atomic E-state index is 13.5. The van der Waals surface area contributed by atoms with Crippen LogP contribution in [0.25, 0.3) is 11.3 Å². The van der Waals surface area contributed by atoms with Crippen molar-refractivity contribution < 1.29 is 9.13 Å². The first-order valence-corrected chi connectivity index (χ1v) is 4.56. The standard InChI is InChI=1S/C12H11FNO/c1-8-7-14-11(12(8)15-2)9-5-3-4-6-10(9)13/h3-7,14H,1H2,2H3. The Labute approximate surface area is 87.7 Å². The second kappa shape index (κ2) is 3.77. The van der Waals surface area contributed by atoms with Crippen molar-refractivity contribution in [3.63, 3.8) is 0 Å². The number of methoxy groups -OCH3 is 1. The average Bonchev–Trinajstić information content (AvgIpc) is 2.60. The van der Waals surface area contributed by atoms with E-state index in [-0.39, 0.29) is 5.82 Å². The molecule has 1 aromatic carbocycles. The van der Waals surface area contributed by atoms with Crippen LogP contribution in [0.5, 0.6) is 5.75 Å². The van der Waals surface area contributed by atoms with E-state index in [9.17, 15) is 4.39 Å². The van der Waals surface area contributed by atoms with E-state index in [1.807, 2.05) is 0 Å². The summed E-state index contributed by atoms with van der Waals surface area (Å²) in [6.45, 7) is 3.79. The van der Waals surface area contributed by atoms with Gasteiger partial charge in [0.2, 0.25) is 0 Å². The van der Waals surface area contributed by atoms with Crippen molar-refractivity contribution in [2.45, 2.75) is 0 Å². The summed E-state index contributed by atoms with van der Waals surface area (Å²) in [5.74, 6) is 0.303. The zero-order valence-corrected chi connectivity index (χ0v) is 8.38. The van der Waals surface area contributed by atoms with E-state index < -0.39 is 0 Å². The first-order valence-electron chi connectivity index (χ1n) is 4.56. The molecule has 0 aliphatic rings. The van der Waals surface area contributed by atoms with Gasteiger partial charge in [-0.2, -0.15) is 0 Å². The molecule has 0 amide bonds. The van der Waals surface area contributed by atoms with Crippen molar-refractivity contribution >= 4 is 0 Å². The largest absolute Gasteiger partial charge is 0.494 e. The summed E-state index contributed by atoms with van der Waals surface area (Å²) >= 11 is 0. The van der Waals surface area contributed by atoms with E-state index in [4.69, 9.17) is 4.74 Å². The lowest BCUT2D eigenvalue weighted by atomic mass is 10.1. The van der Waals surface area contributed by atoms with Gasteiger partial charge in [-0.1, -0.05) is 12.1 Å². The molecule has 1 aromatic heterocycles. The molecule has 15 heavy (non-hydrogen) atoms. The molecular formula is C12H11FNO. The predicted octanol–water partition coefficient (Wildman–Crippen LogP) is 3.01. The zero-order valence-electron chi connectivity index (χ0n) is 8.38. The van der Waals surface area contributed by atoms with Gasteiger partial charge in [0.25, 0.3) is 0 Å². The number of aromatic nitrogens is 1. The molecule has 0 atom stereocenters. The fraction of sp³-hybridized carbons (Fsp3) is 0.0833. The van der Waals surface area contributed by atoms with Crippen molar-refractivity contribution in [1.29, 1.82) is 0 Å². The summed E-state index contributed by atoms with van der Waals surface area (Å²) < 4.78 is 18.7. The van der Waals surface area contributed by atoms with Gasteiger partial charge in [-0.15, -0.1) is 0 Å². The van der Waals surface area contributed by atoms with Crippen molar-refractivity contribution in [2.75, 3.05) is 7.11 Å².